The highest BCUT2D eigenvalue weighted by atomic mass is 16.7. The first-order valence-corrected chi connectivity index (χ1v) is 9.05. The van der Waals surface area contributed by atoms with E-state index in [2.05, 4.69) is 4.74 Å². The fourth-order valence-corrected chi connectivity index (χ4v) is 3.31. The lowest BCUT2D eigenvalue weighted by atomic mass is 10.1. The first kappa shape index (κ1) is 19.4. The first-order chi connectivity index (χ1) is 13.5. The third-order valence-corrected chi connectivity index (χ3v) is 4.64. The van der Waals surface area contributed by atoms with Gasteiger partial charge in [-0.3, -0.25) is 4.79 Å². The molecule has 0 saturated carbocycles. The van der Waals surface area contributed by atoms with Crippen molar-refractivity contribution in [2.45, 2.75) is 33.9 Å². The van der Waals surface area contributed by atoms with Crippen LogP contribution in [0, 0.1) is 6.92 Å². The molecule has 3 aromatic rings. The van der Waals surface area contributed by atoms with Crippen molar-refractivity contribution in [3.05, 3.63) is 57.4 Å². The van der Waals surface area contributed by atoms with E-state index in [1.807, 2.05) is 44.2 Å². The van der Waals surface area contributed by atoms with Crippen LogP contribution in [0.1, 0.15) is 30.5 Å². The van der Waals surface area contributed by atoms with Gasteiger partial charge >= 0.3 is 6.16 Å². The standard InChI is InChI=1S/C19H16N2O5.C2H6/c1-10-5-16-17-12(6-11-7-13(25-2)3-4-15(11)20-17)8-21(16)18(22)14(10)9-26-19(23)24;1-2/h3-7H,8-9H2,1-2H3,(H,23,24);1-2H3. The molecule has 1 aliphatic heterocycles. The maximum Gasteiger partial charge on any atom is 0.506 e. The summed E-state index contributed by atoms with van der Waals surface area (Å²) in [5.41, 5.74) is 4.05. The number of hydrogen-bond acceptors (Lipinski definition) is 5. The molecule has 1 aromatic carbocycles. The molecule has 0 aliphatic carbocycles. The van der Waals surface area contributed by atoms with Gasteiger partial charge in [-0.2, -0.15) is 0 Å². The highest BCUT2D eigenvalue weighted by molar-refractivity contribution is 5.85. The van der Waals surface area contributed by atoms with Gasteiger partial charge in [0.25, 0.3) is 5.56 Å². The van der Waals surface area contributed by atoms with Gasteiger partial charge in [0.15, 0.2) is 0 Å². The zero-order valence-corrected chi connectivity index (χ0v) is 16.3. The zero-order chi connectivity index (χ0) is 20.4. The fourth-order valence-electron chi connectivity index (χ4n) is 3.31. The number of aryl methyl sites for hydroxylation is 1. The maximum atomic E-state index is 12.8. The van der Waals surface area contributed by atoms with Gasteiger partial charge in [0.1, 0.15) is 12.4 Å². The Balaban J connectivity index is 0.00000109. The summed E-state index contributed by atoms with van der Waals surface area (Å²) >= 11 is 0. The number of nitrogens with zero attached hydrogens (tertiary/aromatic N) is 2. The zero-order valence-electron chi connectivity index (χ0n) is 16.3. The molecule has 146 valence electrons. The van der Waals surface area contributed by atoms with E-state index in [4.69, 9.17) is 14.8 Å². The third kappa shape index (κ3) is 3.31. The second-order valence-electron chi connectivity index (χ2n) is 6.19. The second kappa shape index (κ2) is 7.72. The van der Waals surface area contributed by atoms with Crippen LogP contribution in [-0.4, -0.2) is 27.9 Å². The number of methoxy groups -OCH3 is 1. The molecular weight excluding hydrogens is 360 g/mol. The number of hydrogen-bond donors (Lipinski definition) is 1. The Kier molecular flexibility index (Phi) is 5.35. The fraction of sp³-hybridized carbons (Fsp3) is 0.286. The van der Waals surface area contributed by atoms with Gasteiger partial charge in [0.05, 0.1) is 36.1 Å². The Morgan fingerprint density at radius 2 is 2.00 bits per heavy atom. The van der Waals surface area contributed by atoms with Crippen molar-refractivity contribution in [2.75, 3.05) is 7.11 Å². The van der Waals surface area contributed by atoms with Crippen molar-refractivity contribution < 1.29 is 19.4 Å². The third-order valence-electron chi connectivity index (χ3n) is 4.64. The average molecular weight is 382 g/mol. The Morgan fingerprint density at radius 3 is 2.68 bits per heavy atom. The van der Waals surface area contributed by atoms with Gasteiger partial charge in [0.2, 0.25) is 0 Å². The van der Waals surface area contributed by atoms with Gasteiger partial charge in [-0.25, -0.2) is 9.78 Å². The quantitative estimate of drug-likeness (QED) is 0.539. The molecule has 7 heteroatoms. The summed E-state index contributed by atoms with van der Waals surface area (Å²) in [6.07, 6.45) is -1.40. The molecule has 0 saturated heterocycles. The molecule has 28 heavy (non-hydrogen) atoms. The molecule has 4 rings (SSSR count). The van der Waals surface area contributed by atoms with Crippen LogP contribution in [0.3, 0.4) is 0 Å². The predicted octanol–water partition coefficient (Wildman–Crippen LogP) is 3.96. The Hall–Kier alpha value is -3.35. The van der Waals surface area contributed by atoms with Gasteiger partial charge < -0.3 is 19.1 Å². The molecule has 3 heterocycles. The number of ether oxygens (including phenoxy) is 2. The summed E-state index contributed by atoms with van der Waals surface area (Å²) in [5.74, 6) is 0.746. The largest absolute Gasteiger partial charge is 0.506 e. The lowest BCUT2D eigenvalue weighted by Gasteiger charge is -2.10. The van der Waals surface area contributed by atoms with E-state index < -0.39 is 6.16 Å². The number of benzene rings is 1. The SMILES string of the molecule is CC.COc1ccc2nc3c(cc2c1)Cn1c-3cc(C)c(COC(=O)O)c1=O. The molecule has 1 N–H and O–H groups in total. The van der Waals surface area contributed by atoms with Gasteiger partial charge in [-0.15, -0.1) is 0 Å². The van der Waals surface area contributed by atoms with Crippen LogP contribution >= 0.6 is 0 Å². The van der Waals surface area contributed by atoms with Crippen molar-refractivity contribution >= 4 is 17.1 Å². The summed E-state index contributed by atoms with van der Waals surface area (Å²) in [7, 11) is 1.61. The van der Waals surface area contributed by atoms with Gasteiger partial charge in [0, 0.05) is 10.9 Å². The van der Waals surface area contributed by atoms with Gasteiger partial charge in [-0.1, -0.05) is 13.8 Å². The van der Waals surface area contributed by atoms with Crippen LogP contribution in [0.2, 0.25) is 0 Å². The minimum atomic E-state index is -1.40. The van der Waals surface area contributed by atoms with Gasteiger partial charge in [-0.05, 0) is 42.8 Å². The number of fused-ring (bicyclic) bond motifs is 4. The van der Waals surface area contributed by atoms with E-state index >= 15 is 0 Å². The van der Waals surface area contributed by atoms with Crippen molar-refractivity contribution in [3.8, 4) is 17.1 Å². The van der Waals surface area contributed by atoms with E-state index in [9.17, 15) is 9.59 Å². The highest BCUT2D eigenvalue weighted by Crippen LogP contribution is 2.33. The highest BCUT2D eigenvalue weighted by Gasteiger charge is 2.24. The number of carboxylic acid groups (broad SMARTS) is 1. The summed E-state index contributed by atoms with van der Waals surface area (Å²) in [6.45, 7) is 5.90. The summed E-state index contributed by atoms with van der Waals surface area (Å²) in [4.78, 5) is 28.2. The minimum absolute atomic E-state index is 0.249. The van der Waals surface area contributed by atoms with Crippen LogP contribution in [-0.2, 0) is 17.9 Å². The Labute approximate surface area is 162 Å². The molecule has 0 bridgehead atoms. The van der Waals surface area contributed by atoms with E-state index in [0.29, 0.717) is 17.7 Å². The lowest BCUT2D eigenvalue weighted by Crippen LogP contribution is -2.25. The molecule has 0 fully saturated rings. The normalized spacial score (nSPS) is 11.3. The van der Waals surface area contributed by atoms with Crippen LogP contribution in [0.25, 0.3) is 22.3 Å². The summed E-state index contributed by atoms with van der Waals surface area (Å²) in [6, 6.07) is 9.51. The molecule has 0 unspecified atom stereocenters. The lowest BCUT2D eigenvalue weighted by molar-refractivity contribution is 0.0848. The molecule has 2 aromatic heterocycles. The monoisotopic (exact) mass is 382 g/mol. The Bertz CT molecular complexity index is 1120. The van der Waals surface area contributed by atoms with E-state index in [1.54, 1.807) is 18.6 Å². The van der Waals surface area contributed by atoms with Crippen molar-refractivity contribution in [1.82, 2.24) is 9.55 Å². The van der Waals surface area contributed by atoms with Crippen molar-refractivity contribution in [3.63, 3.8) is 0 Å². The molecular formula is C21H22N2O5. The second-order valence-corrected chi connectivity index (χ2v) is 6.19. The molecule has 0 radical (unpaired) electrons. The first-order valence-electron chi connectivity index (χ1n) is 9.05. The molecule has 7 nitrogen and oxygen atoms in total. The van der Waals surface area contributed by atoms with E-state index in [1.165, 1.54) is 0 Å². The molecule has 0 atom stereocenters. The maximum absolute atomic E-state index is 12.8. The minimum Gasteiger partial charge on any atom is -0.497 e. The number of aromatic nitrogens is 2. The topological polar surface area (TPSA) is 90.7 Å². The van der Waals surface area contributed by atoms with Crippen LogP contribution in [0.4, 0.5) is 4.79 Å². The molecule has 1 aliphatic rings. The van der Waals surface area contributed by atoms with Crippen molar-refractivity contribution in [2.24, 2.45) is 0 Å². The molecule has 0 spiro atoms. The average Bonchev–Trinajstić information content (AvgIpc) is 3.04. The van der Waals surface area contributed by atoms with E-state index in [-0.39, 0.29) is 12.2 Å². The molecule has 0 amide bonds. The predicted molar refractivity (Wildman–Crippen MR) is 106 cm³/mol. The summed E-state index contributed by atoms with van der Waals surface area (Å²) < 4.78 is 11.5. The smallest absolute Gasteiger partial charge is 0.497 e. The van der Waals surface area contributed by atoms with E-state index in [0.717, 1.165) is 33.6 Å². The number of rotatable bonds is 3. The van der Waals surface area contributed by atoms with Crippen LogP contribution < -0.4 is 10.3 Å². The van der Waals surface area contributed by atoms with Crippen LogP contribution in [0.15, 0.2) is 35.1 Å². The number of carbonyl (C=O) groups is 1. The summed E-state index contributed by atoms with van der Waals surface area (Å²) in [5, 5.41) is 9.63. The van der Waals surface area contributed by atoms with Crippen LogP contribution in [0.5, 0.6) is 5.75 Å². The number of pyridine rings is 2. The van der Waals surface area contributed by atoms with Crippen molar-refractivity contribution in [1.29, 1.82) is 0 Å². The Morgan fingerprint density at radius 1 is 1.25 bits per heavy atom.